The van der Waals surface area contributed by atoms with Crippen LogP contribution in [0.2, 0.25) is 0 Å². The summed E-state index contributed by atoms with van der Waals surface area (Å²) in [4.78, 5) is 0. The van der Waals surface area contributed by atoms with Crippen LogP contribution in [0.4, 0.5) is 0 Å². The number of rotatable bonds is 4. The Bertz CT molecular complexity index is 196. The van der Waals surface area contributed by atoms with Gasteiger partial charge in [-0.3, -0.25) is 0 Å². The molecule has 0 saturated carbocycles. The van der Waals surface area contributed by atoms with Gasteiger partial charge in [0.2, 0.25) is 10.0 Å². The molecule has 0 heterocycles. The first-order chi connectivity index (χ1) is 4.56. The van der Waals surface area contributed by atoms with E-state index in [9.17, 15) is 8.42 Å². The zero-order valence-corrected chi connectivity index (χ0v) is 6.69. The van der Waals surface area contributed by atoms with Crippen molar-refractivity contribution in [3.05, 3.63) is 12.2 Å². The van der Waals surface area contributed by atoms with E-state index >= 15 is 0 Å². The molecule has 0 aliphatic carbocycles. The molecule has 0 aliphatic heterocycles. The Balaban J connectivity index is 3.48. The van der Waals surface area contributed by atoms with Crippen molar-refractivity contribution in [2.45, 2.75) is 0 Å². The van der Waals surface area contributed by atoms with Crippen molar-refractivity contribution in [1.29, 1.82) is 0 Å². The van der Waals surface area contributed by atoms with Gasteiger partial charge in [-0.2, -0.15) is 0 Å². The van der Waals surface area contributed by atoms with Gasteiger partial charge in [0, 0.05) is 13.1 Å². The first-order valence-electron chi connectivity index (χ1n) is 2.86. The number of sulfonamides is 1. The molecule has 0 saturated heterocycles. The summed E-state index contributed by atoms with van der Waals surface area (Å²) in [5.74, 6) is 0. The monoisotopic (exact) mass is 164 g/mol. The highest BCUT2D eigenvalue weighted by molar-refractivity contribution is 7.88. The second-order valence-corrected chi connectivity index (χ2v) is 3.66. The van der Waals surface area contributed by atoms with Crippen LogP contribution in [-0.4, -0.2) is 27.8 Å². The average Bonchev–Trinajstić information content (AvgIpc) is 1.78. The summed E-state index contributed by atoms with van der Waals surface area (Å²) in [5, 5.41) is 0. The molecule has 0 atom stereocenters. The van der Waals surface area contributed by atoms with Crippen molar-refractivity contribution in [2.75, 3.05) is 19.3 Å². The van der Waals surface area contributed by atoms with Crippen molar-refractivity contribution in [3.8, 4) is 0 Å². The van der Waals surface area contributed by atoms with Gasteiger partial charge < -0.3 is 5.73 Å². The van der Waals surface area contributed by atoms with Gasteiger partial charge in [0.05, 0.1) is 6.26 Å². The highest BCUT2D eigenvalue weighted by Crippen LogP contribution is 1.73. The van der Waals surface area contributed by atoms with Gasteiger partial charge in [0.25, 0.3) is 0 Å². The van der Waals surface area contributed by atoms with E-state index in [0.717, 1.165) is 6.26 Å². The molecule has 10 heavy (non-hydrogen) atoms. The van der Waals surface area contributed by atoms with Gasteiger partial charge in [-0.25, -0.2) is 13.1 Å². The maximum absolute atomic E-state index is 10.4. The normalized spacial score (nSPS) is 12.6. The standard InChI is InChI=1S/C5H12N2O2S/c1-10(8,9)7-5-3-2-4-6/h2-3,7H,4-6H2,1H3/b3-2+. The summed E-state index contributed by atoms with van der Waals surface area (Å²) in [5.41, 5.74) is 5.11. The van der Waals surface area contributed by atoms with E-state index in [2.05, 4.69) is 4.72 Å². The van der Waals surface area contributed by atoms with Crippen LogP contribution in [0.1, 0.15) is 0 Å². The van der Waals surface area contributed by atoms with E-state index in [4.69, 9.17) is 5.73 Å². The fourth-order valence-corrected chi connectivity index (χ4v) is 0.778. The molecule has 0 aromatic heterocycles. The zero-order valence-electron chi connectivity index (χ0n) is 5.87. The molecule has 60 valence electrons. The van der Waals surface area contributed by atoms with Crippen molar-refractivity contribution < 1.29 is 8.42 Å². The fourth-order valence-electron chi connectivity index (χ4n) is 0.379. The van der Waals surface area contributed by atoms with E-state index in [0.29, 0.717) is 13.1 Å². The van der Waals surface area contributed by atoms with Crippen LogP contribution in [0.3, 0.4) is 0 Å². The minimum Gasteiger partial charge on any atom is -0.327 e. The third kappa shape index (κ3) is 7.61. The molecule has 0 amide bonds. The number of hydrogen-bond acceptors (Lipinski definition) is 3. The van der Waals surface area contributed by atoms with Crippen LogP contribution < -0.4 is 10.5 Å². The summed E-state index contributed by atoms with van der Waals surface area (Å²) >= 11 is 0. The molecule has 0 radical (unpaired) electrons. The van der Waals surface area contributed by atoms with Gasteiger partial charge in [-0.05, 0) is 0 Å². The Morgan fingerprint density at radius 3 is 2.50 bits per heavy atom. The van der Waals surface area contributed by atoms with Gasteiger partial charge in [0.1, 0.15) is 0 Å². The Kier molecular flexibility index (Phi) is 4.26. The molecule has 0 unspecified atom stereocenters. The molecule has 0 rings (SSSR count). The Labute approximate surface area is 61.2 Å². The van der Waals surface area contributed by atoms with Gasteiger partial charge in [-0.1, -0.05) is 12.2 Å². The first kappa shape index (κ1) is 9.61. The summed E-state index contributed by atoms with van der Waals surface area (Å²) in [6.45, 7) is 0.751. The molecule has 0 spiro atoms. The van der Waals surface area contributed by atoms with Gasteiger partial charge in [-0.15, -0.1) is 0 Å². The van der Waals surface area contributed by atoms with Crippen LogP contribution in [-0.2, 0) is 10.0 Å². The summed E-state index contributed by atoms with van der Waals surface area (Å²) in [6, 6.07) is 0. The molecule has 0 fully saturated rings. The first-order valence-corrected chi connectivity index (χ1v) is 4.75. The Morgan fingerprint density at radius 1 is 1.50 bits per heavy atom. The lowest BCUT2D eigenvalue weighted by atomic mass is 10.5. The topological polar surface area (TPSA) is 72.2 Å². The van der Waals surface area contributed by atoms with Gasteiger partial charge >= 0.3 is 0 Å². The second-order valence-electron chi connectivity index (χ2n) is 1.83. The quantitative estimate of drug-likeness (QED) is 0.526. The number of nitrogens with one attached hydrogen (secondary N) is 1. The zero-order chi connectivity index (χ0) is 8.04. The lowest BCUT2D eigenvalue weighted by Crippen LogP contribution is -2.21. The molecule has 0 bridgehead atoms. The molecular formula is C5H12N2O2S. The molecule has 0 aliphatic rings. The Hall–Kier alpha value is -0.390. The van der Waals surface area contributed by atoms with E-state index in [1.54, 1.807) is 12.2 Å². The highest BCUT2D eigenvalue weighted by atomic mass is 32.2. The van der Waals surface area contributed by atoms with Crippen LogP contribution in [0.25, 0.3) is 0 Å². The third-order valence-electron chi connectivity index (χ3n) is 0.766. The van der Waals surface area contributed by atoms with Crippen LogP contribution >= 0.6 is 0 Å². The maximum Gasteiger partial charge on any atom is 0.208 e. The average molecular weight is 164 g/mol. The van der Waals surface area contributed by atoms with Crippen molar-refractivity contribution in [1.82, 2.24) is 4.72 Å². The number of hydrogen-bond donors (Lipinski definition) is 2. The van der Waals surface area contributed by atoms with Crippen molar-refractivity contribution in [2.24, 2.45) is 5.73 Å². The van der Waals surface area contributed by atoms with E-state index in [1.807, 2.05) is 0 Å². The van der Waals surface area contributed by atoms with Gasteiger partial charge in [0.15, 0.2) is 0 Å². The molecule has 3 N–H and O–H groups in total. The van der Waals surface area contributed by atoms with Crippen LogP contribution in [0.5, 0.6) is 0 Å². The Morgan fingerprint density at radius 2 is 2.10 bits per heavy atom. The molecule has 5 heteroatoms. The van der Waals surface area contributed by atoms with Crippen molar-refractivity contribution >= 4 is 10.0 Å². The maximum atomic E-state index is 10.4. The SMILES string of the molecule is CS(=O)(=O)NC/C=C/CN. The van der Waals surface area contributed by atoms with E-state index in [1.165, 1.54) is 0 Å². The fraction of sp³-hybridized carbons (Fsp3) is 0.600. The van der Waals surface area contributed by atoms with E-state index in [-0.39, 0.29) is 0 Å². The minimum atomic E-state index is -3.05. The van der Waals surface area contributed by atoms with Crippen LogP contribution in [0.15, 0.2) is 12.2 Å². The molecule has 4 nitrogen and oxygen atoms in total. The highest BCUT2D eigenvalue weighted by Gasteiger charge is 1.94. The van der Waals surface area contributed by atoms with E-state index < -0.39 is 10.0 Å². The minimum absolute atomic E-state index is 0.316. The third-order valence-corrected chi connectivity index (χ3v) is 1.46. The van der Waals surface area contributed by atoms with Crippen LogP contribution in [0, 0.1) is 0 Å². The summed E-state index contributed by atoms with van der Waals surface area (Å²) in [6.07, 6.45) is 4.47. The largest absolute Gasteiger partial charge is 0.327 e. The lowest BCUT2D eigenvalue weighted by Gasteiger charge is -1.94. The summed E-state index contributed by atoms with van der Waals surface area (Å²) in [7, 11) is -3.05. The lowest BCUT2D eigenvalue weighted by molar-refractivity contribution is 0.592. The predicted molar refractivity (Wildman–Crippen MR) is 41.0 cm³/mol. The molecule has 0 aromatic rings. The smallest absolute Gasteiger partial charge is 0.208 e. The van der Waals surface area contributed by atoms with Crippen molar-refractivity contribution in [3.63, 3.8) is 0 Å². The second kappa shape index (κ2) is 4.43. The molecular weight excluding hydrogens is 152 g/mol. The number of nitrogens with two attached hydrogens (primary N) is 1. The predicted octanol–water partition coefficient (Wildman–Crippen LogP) is -0.949. The molecule has 0 aromatic carbocycles. The summed E-state index contributed by atoms with van der Waals surface area (Å²) < 4.78 is 23.1.